The highest BCUT2D eigenvalue weighted by atomic mass is 19.1. The Morgan fingerprint density at radius 2 is 1.39 bits per heavy atom. The number of hydrogen-bond donors (Lipinski definition) is 1. The molecule has 0 atom stereocenters. The molecule has 28 heavy (non-hydrogen) atoms. The molecule has 1 heterocycles. The average Bonchev–Trinajstić information content (AvgIpc) is 3.23. The van der Waals surface area contributed by atoms with Crippen molar-refractivity contribution in [3.63, 3.8) is 0 Å². The van der Waals surface area contributed by atoms with Crippen molar-refractivity contribution in [2.75, 3.05) is 23.3 Å². The molecule has 3 nitrogen and oxygen atoms in total. The molecule has 0 aromatic heterocycles. The van der Waals surface area contributed by atoms with Gasteiger partial charge >= 0.3 is 0 Å². The summed E-state index contributed by atoms with van der Waals surface area (Å²) >= 11 is 0. The largest absolute Gasteiger partial charge is 0.372 e. The molecule has 1 aliphatic heterocycles. The molecule has 1 N–H and O–H groups in total. The lowest BCUT2D eigenvalue weighted by atomic mass is 10.0. The molecule has 0 radical (unpaired) electrons. The lowest BCUT2D eigenvalue weighted by Gasteiger charge is -2.17. The van der Waals surface area contributed by atoms with Crippen LogP contribution in [-0.2, 0) is 0 Å². The molecular formula is C23H20F2N2O. The van der Waals surface area contributed by atoms with Gasteiger partial charge in [-0.05, 0) is 72.5 Å². The molecule has 1 aliphatic rings. The molecule has 0 spiro atoms. The minimum absolute atomic E-state index is 0.231. The molecule has 142 valence electrons. The molecule has 1 saturated heterocycles. The summed E-state index contributed by atoms with van der Waals surface area (Å²) in [6.07, 6.45) is 2.44. The van der Waals surface area contributed by atoms with E-state index in [2.05, 4.69) is 10.2 Å². The smallest absolute Gasteiger partial charge is 0.255 e. The molecule has 0 aliphatic carbocycles. The van der Waals surface area contributed by atoms with E-state index < -0.39 is 11.6 Å². The fraction of sp³-hybridized carbons (Fsp3) is 0.174. The maximum Gasteiger partial charge on any atom is 0.255 e. The van der Waals surface area contributed by atoms with E-state index in [0.717, 1.165) is 24.8 Å². The number of anilines is 2. The van der Waals surface area contributed by atoms with E-state index in [-0.39, 0.29) is 5.91 Å². The molecule has 3 aromatic carbocycles. The lowest BCUT2D eigenvalue weighted by Crippen LogP contribution is -2.17. The van der Waals surface area contributed by atoms with Gasteiger partial charge in [0.25, 0.3) is 5.91 Å². The Bertz CT molecular complexity index is 958. The predicted octanol–water partition coefficient (Wildman–Crippen LogP) is 5.48. The summed E-state index contributed by atoms with van der Waals surface area (Å²) in [4.78, 5) is 14.8. The highest BCUT2D eigenvalue weighted by Gasteiger charge is 2.12. The normalized spacial score (nSPS) is 13.6. The molecular weight excluding hydrogens is 358 g/mol. The van der Waals surface area contributed by atoms with Crippen LogP contribution in [0.3, 0.4) is 0 Å². The number of rotatable bonds is 4. The first kappa shape index (κ1) is 18.2. The number of carbonyl (C=O) groups is 1. The number of nitrogens with zero attached hydrogens (tertiary/aromatic N) is 1. The first-order valence-corrected chi connectivity index (χ1v) is 9.31. The van der Waals surface area contributed by atoms with Crippen molar-refractivity contribution in [3.05, 3.63) is 83.9 Å². The van der Waals surface area contributed by atoms with Crippen molar-refractivity contribution in [1.82, 2.24) is 0 Å². The summed E-state index contributed by atoms with van der Waals surface area (Å²) < 4.78 is 26.8. The van der Waals surface area contributed by atoms with Crippen LogP contribution in [0.4, 0.5) is 20.2 Å². The summed E-state index contributed by atoms with van der Waals surface area (Å²) in [6, 6.07) is 17.8. The van der Waals surface area contributed by atoms with Crippen LogP contribution in [-0.4, -0.2) is 19.0 Å². The second-order valence-electron chi connectivity index (χ2n) is 6.93. The van der Waals surface area contributed by atoms with Gasteiger partial charge in [-0.2, -0.15) is 0 Å². The standard InChI is InChI=1S/C23H20F2N2O/c24-19-13-18(14-20(25)15-19)16-3-5-17(6-4-16)23(28)26-21-7-9-22(10-8-21)27-11-1-2-12-27/h3-10,13-15H,1-2,11-12H2,(H,26,28). The summed E-state index contributed by atoms with van der Waals surface area (Å²) in [7, 11) is 0. The first-order chi connectivity index (χ1) is 13.6. The molecule has 3 aromatic rings. The van der Waals surface area contributed by atoms with Gasteiger partial charge in [0.05, 0.1) is 0 Å². The van der Waals surface area contributed by atoms with E-state index in [9.17, 15) is 13.6 Å². The summed E-state index contributed by atoms with van der Waals surface area (Å²) in [5.74, 6) is -1.49. The van der Waals surface area contributed by atoms with Crippen LogP contribution in [0.5, 0.6) is 0 Å². The van der Waals surface area contributed by atoms with Crippen molar-refractivity contribution < 1.29 is 13.6 Å². The highest BCUT2D eigenvalue weighted by molar-refractivity contribution is 6.04. The zero-order valence-corrected chi connectivity index (χ0v) is 15.3. The van der Waals surface area contributed by atoms with Gasteiger partial charge in [-0.15, -0.1) is 0 Å². The van der Waals surface area contributed by atoms with Gasteiger partial charge in [0.15, 0.2) is 0 Å². The number of carbonyl (C=O) groups excluding carboxylic acids is 1. The number of benzene rings is 3. The van der Waals surface area contributed by atoms with Crippen molar-refractivity contribution in [2.24, 2.45) is 0 Å². The van der Waals surface area contributed by atoms with Gasteiger partial charge in [-0.25, -0.2) is 8.78 Å². The fourth-order valence-electron chi connectivity index (χ4n) is 3.47. The summed E-state index contributed by atoms with van der Waals surface area (Å²) in [6.45, 7) is 2.15. The van der Waals surface area contributed by atoms with E-state index in [1.165, 1.54) is 30.7 Å². The predicted molar refractivity (Wildman–Crippen MR) is 108 cm³/mol. The van der Waals surface area contributed by atoms with Crippen molar-refractivity contribution in [1.29, 1.82) is 0 Å². The number of halogens is 2. The number of amides is 1. The van der Waals surface area contributed by atoms with Crippen LogP contribution < -0.4 is 10.2 Å². The van der Waals surface area contributed by atoms with Crippen molar-refractivity contribution in [2.45, 2.75) is 12.8 Å². The third-order valence-corrected chi connectivity index (χ3v) is 4.94. The quantitative estimate of drug-likeness (QED) is 0.652. The lowest BCUT2D eigenvalue weighted by molar-refractivity contribution is 0.102. The van der Waals surface area contributed by atoms with Gasteiger partial charge in [0, 0.05) is 36.1 Å². The average molecular weight is 378 g/mol. The monoisotopic (exact) mass is 378 g/mol. The SMILES string of the molecule is O=C(Nc1ccc(N2CCCC2)cc1)c1ccc(-c2cc(F)cc(F)c2)cc1. The van der Waals surface area contributed by atoms with Crippen LogP contribution in [0.1, 0.15) is 23.2 Å². The Hall–Kier alpha value is -3.21. The minimum Gasteiger partial charge on any atom is -0.372 e. The van der Waals surface area contributed by atoms with E-state index in [1.54, 1.807) is 24.3 Å². The molecule has 0 unspecified atom stereocenters. The molecule has 4 rings (SSSR count). The van der Waals surface area contributed by atoms with Crippen LogP contribution in [0, 0.1) is 11.6 Å². The van der Waals surface area contributed by atoms with E-state index in [1.807, 2.05) is 24.3 Å². The first-order valence-electron chi connectivity index (χ1n) is 9.31. The Morgan fingerprint density at radius 3 is 2.00 bits per heavy atom. The maximum atomic E-state index is 13.4. The van der Waals surface area contributed by atoms with E-state index >= 15 is 0 Å². The Labute approximate surface area is 162 Å². The van der Waals surface area contributed by atoms with Crippen molar-refractivity contribution >= 4 is 17.3 Å². The number of hydrogen-bond acceptors (Lipinski definition) is 2. The summed E-state index contributed by atoms with van der Waals surface area (Å²) in [5, 5.41) is 2.88. The van der Waals surface area contributed by atoms with E-state index in [0.29, 0.717) is 16.7 Å². The van der Waals surface area contributed by atoms with Crippen LogP contribution in [0.25, 0.3) is 11.1 Å². The second kappa shape index (κ2) is 7.80. The van der Waals surface area contributed by atoms with E-state index in [4.69, 9.17) is 0 Å². The maximum absolute atomic E-state index is 13.4. The minimum atomic E-state index is -0.630. The van der Waals surface area contributed by atoms with Gasteiger partial charge in [-0.1, -0.05) is 12.1 Å². The van der Waals surface area contributed by atoms with Gasteiger partial charge < -0.3 is 10.2 Å². The Balaban J connectivity index is 1.44. The highest BCUT2D eigenvalue weighted by Crippen LogP contribution is 2.24. The molecule has 0 bridgehead atoms. The molecule has 5 heteroatoms. The van der Waals surface area contributed by atoms with Crippen molar-refractivity contribution in [3.8, 4) is 11.1 Å². The molecule has 1 amide bonds. The van der Waals surface area contributed by atoms with Gasteiger partial charge in [0.1, 0.15) is 11.6 Å². The third kappa shape index (κ3) is 4.03. The van der Waals surface area contributed by atoms with Crippen LogP contribution >= 0.6 is 0 Å². The van der Waals surface area contributed by atoms with Gasteiger partial charge in [0.2, 0.25) is 0 Å². The zero-order chi connectivity index (χ0) is 19.5. The Morgan fingerprint density at radius 1 is 0.786 bits per heavy atom. The van der Waals surface area contributed by atoms with Gasteiger partial charge in [-0.3, -0.25) is 4.79 Å². The number of nitrogens with one attached hydrogen (secondary N) is 1. The zero-order valence-electron chi connectivity index (χ0n) is 15.3. The molecule has 1 fully saturated rings. The second-order valence-corrected chi connectivity index (χ2v) is 6.93. The van der Waals surface area contributed by atoms with Crippen LogP contribution in [0.15, 0.2) is 66.7 Å². The van der Waals surface area contributed by atoms with Crippen LogP contribution in [0.2, 0.25) is 0 Å². The fourth-order valence-corrected chi connectivity index (χ4v) is 3.47. The topological polar surface area (TPSA) is 32.3 Å². The Kier molecular flexibility index (Phi) is 5.06. The summed E-state index contributed by atoms with van der Waals surface area (Å²) in [5.41, 5.74) is 3.45. The third-order valence-electron chi connectivity index (χ3n) is 4.94. The molecule has 0 saturated carbocycles.